The number of hydrogen-bond acceptors (Lipinski definition) is 2. The maximum atomic E-state index is 5.73. The number of nitrogens with zero attached hydrogens (tertiary/aromatic N) is 2. The SMILES string of the molecule is Nc1ccc(-c2nccn2C2CCCCC2)cc1. The Morgan fingerprint density at radius 3 is 2.50 bits per heavy atom. The zero-order chi connectivity index (χ0) is 12.4. The van der Waals surface area contributed by atoms with Gasteiger partial charge in [0.15, 0.2) is 0 Å². The third-order valence-corrected chi connectivity index (χ3v) is 3.81. The molecule has 1 aromatic carbocycles. The Kier molecular flexibility index (Phi) is 3.05. The molecule has 3 rings (SSSR count). The zero-order valence-electron chi connectivity index (χ0n) is 10.5. The predicted octanol–water partition coefficient (Wildman–Crippen LogP) is 3.64. The molecule has 1 fully saturated rings. The van der Waals surface area contributed by atoms with Gasteiger partial charge in [-0.25, -0.2) is 4.98 Å². The Morgan fingerprint density at radius 2 is 1.78 bits per heavy atom. The fraction of sp³-hybridized carbons (Fsp3) is 0.400. The van der Waals surface area contributed by atoms with Gasteiger partial charge in [-0.3, -0.25) is 0 Å². The Bertz CT molecular complexity index is 507. The van der Waals surface area contributed by atoms with Crippen LogP contribution in [-0.4, -0.2) is 9.55 Å². The molecule has 0 bridgehead atoms. The predicted molar refractivity (Wildman–Crippen MR) is 74.2 cm³/mol. The molecule has 1 aromatic heterocycles. The first-order valence-electron chi connectivity index (χ1n) is 6.73. The van der Waals surface area contributed by atoms with Crippen LogP contribution in [-0.2, 0) is 0 Å². The van der Waals surface area contributed by atoms with Crippen molar-refractivity contribution in [2.24, 2.45) is 0 Å². The molecule has 1 aliphatic rings. The summed E-state index contributed by atoms with van der Waals surface area (Å²) in [5, 5.41) is 0. The molecule has 0 spiro atoms. The topological polar surface area (TPSA) is 43.8 Å². The van der Waals surface area contributed by atoms with Crippen LogP contribution in [0.5, 0.6) is 0 Å². The minimum atomic E-state index is 0.619. The molecular weight excluding hydrogens is 222 g/mol. The summed E-state index contributed by atoms with van der Waals surface area (Å²) in [5.41, 5.74) is 7.69. The van der Waals surface area contributed by atoms with Crippen molar-refractivity contribution >= 4 is 5.69 Å². The maximum Gasteiger partial charge on any atom is 0.140 e. The second kappa shape index (κ2) is 4.84. The normalized spacial score (nSPS) is 16.9. The highest BCUT2D eigenvalue weighted by atomic mass is 15.1. The van der Waals surface area contributed by atoms with Gasteiger partial charge in [0.2, 0.25) is 0 Å². The largest absolute Gasteiger partial charge is 0.399 e. The molecule has 0 aliphatic heterocycles. The first kappa shape index (κ1) is 11.3. The summed E-state index contributed by atoms with van der Waals surface area (Å²) >= 11 is 0. The molecule has 3 nitrogen and oxygen atoms in total. The second-order valence-electron chi connectivity index (χ2n) is 5.07. The monoisotopic (exact) mass is 241 g/mol. The highest BCUT2D eigenvalue weighted by Gasteiger charge is 2.18. The number of benzene rings is 1. The molecule has 0 radical (unpaired) electrons. The van der Waals surface area contributed by atoms with Crippen molar-refractivity contribution in [1.29, 1.82) is 0 Å². The van der Waals surface area contributed by atoms with Crippen LogP contribution in [0.15, 0.2) is 36.7 Å². The Hall–Kier alpha value is -1.77. The van der Waals surface area contributed by atoms with Gasteiger partial charge in [0, 0.05) is 29.7 Å². The van der Waals surface area contributed by atoms with Gasteiger partial charge in [-0.2, -0.15) is 0 Å². The van der Waals surface area contributed by atoms with Crippen LogP contribution in [0.2, 0.25) is 0 Å². The summed E-state index contributed by atoms with van der Waals surface area (Å²) in [6, 6.07) is 8.60. The van der Waals surface area contributed by atoms with Crippen molar-refractivity contribution in [3.63, 3.8) is 0 Å². The van der Waals surface area contributed by atoms with E-state index in [9.17, 15) is 0 Å². The summed E-state index contributed by atoms with van der Waals surface area (Å²) in [5.74, 6) is 1.07. The maximum absolute atomic E-state index is 5.73. The van der Waals surface area contributed by atoms with Crippen molar-refractivity contribution in [1.82, 2.24) is 9.55 Å². The lowest BCUT2D eigenvalue weighted by atomic mass is 9.95. The van der Waals surface area contributed by atoms with Crippen molar-refractivity contribution in [2.45, 2.75) is 38.1 Å². The molecule has 3 heteroatoms. The molecule has 0 amide bonds. The molecule has 94 valence electrons. The zero-order valence-corrected chi connectivity index (χ0v) is 10.5. The number of imidazole rings is 1. The van der Waals surface area contributed by atoms with E-state index in [2.05, 4.69) is 27.9 Å². The highest BCUT2D eigenvalue weighted by Crippen LogP contribution is 2.31. The molecule has 1 heterocycles. The Balaban J connectivity index is 1.93. The van der Waals surface area contributed by atoms with Crippen LogP contribution in [0.4, 0.5) is 5.69 Å². The van der Waals surface area contributed by atoms with Crippen LogP contribution in [0.1, 0.15) is 38.1 Å². The fourth-order valence-electron chi connectivity index (χ4n) is 2.82. The number of nitrogens with two attached hydrogens (primary N) is 1. The van der Waals surface area contributed by atoms with Gasteiger partial charge in [-0.1, -0.05) is 19.3 Å². The summed E-state index contributed by atoms with van der Waals surface area (Å²) in [4.78, 5) is 4.51. The van der Waals surface area contributed by atoms with E-state index in [0.29, 0.717) is 6.04 Å². The van der Waals surface area contributed by atoms with E-state index in [1.54, 1.807) is 0 Å². The van der Waals surface area contributed by atoms with Crippen molar-refractivity contribution < 1.29 is 0 Å². The van der Waals surface area contributed by atoms with Crippen molar-refractivity contribution in [3.05, 3.63) is 36.7 Å². The highest BCUT2D eigenvalue weighted by molar-refractivity contribution is 5.59. The van der Waals surface area contributed by atoms with Crippen LogP contribution in [0.3, 0.4) is 0 Å². The van der Waals surface area contributed by atoms with Crippen LogP contribution in [0.25, 0.3) is 11.4 Å². The number of anilines is 1. The summed E-state index contributed by atoms with van der Waals surface area (Å²) in [7, 11) is 0. The van der Waals surface area contributed by atoms with Crippen molar-refractivity contribution in [3.8, 4) is 11.4 Å². The molecule has 2 aromatic rings. The molecule has 18 heavy (non-hydrogen) atoms. The van der Waals surface area contributed by atoms with E-state index in [0.717, 1.165) is 17.1 Å². The minimum absolute atomic E-state index is 0.619. The lowest BCUT2D eigenvalue weighted by Crippen LogP contribution is -2.13. The van der Waals surface area contributed by atoms with E-state index in [1.165, 1.54) is 32.1 Å². The molecular formula is C15H19N3. The van der Waals surface area contributed by atoms with Crippen LogP contribution >= 0.6 is 0 Å². The lowest BCUT2D eigenvalue weighted by molar-refractivity contribution is 0.355. The van der Waals surface area contributed by atoms with E-state index >= 15 is 0 Å². The second-order valence-corrected chi connectivity index (χ2v) is 5.07. The smallest absolute Gasteiger partial charge is 0.140 e. The lowest BCUT2D eigenvalue weighted by Gasteiger charge is -2.24. The third kappa shape index (κ3) is 2.13. The van der Waals surface area contributed by atoms with Gasteiger partial charge in [0.25, 0.3) is 0 Å². The van der Waals surface area contributed by atoms with Gasteiger partial charge in [-0.05, 0) is 37.1 Å². The molecule has 0 unspecified atom stereocenters. The van der Waals surface area contributed by atoms with E-state index in [4.69, 9.17) is 5.73 Å². The van der Waals surface area contributed by atoms with E-state index in [1.807, 2.05) is 18.3 Å². The van der Waals surface area contributed by atoms with Gasteiger partial charge in [-0.15, -0.1) is 0 Å². The fourth-order valence-corrected chi connectivity index (χ4v) is 2.82. The van der Waals surface area contributed by atoms with E-state index in [-0.39, 0.29) is 0 Å². The molecule has 0 saturated heterocycles. The Morgan fingerprint density at radius 1 is 1.06 bits per heavy atom. The summed E-state index contributed by atoms with van der Waals surface area (Å²) < 4.78 is 2.34. The molecule has 1 aliphatic carbocycles. The quantitative estimate of drug-likeness (QED) is 0.816. The third-order valence-electron chi connectivity index (χ3n) is 3.81. The average Bonchev–Trinajstić information content (AvgIpc) is 2.90. The van der Waals surface area contributed by atoms with Gasteiger partial charge >= 0.3 is 0 Å². The Labute approximate surface area is 108 Å². The number of aromatic nitrogens is 2. The van der Waals surface area contributed by atoms with Gasteiger partial charge < -0.3 is 10.3 Å². The molecule has 2 N–H and O–H groups in total. The standard InChI is InChI=1S/C15H19N3/c16-13-8-6-12(7-9-13)15-17-10-11-18(15)14-4-2-1-3-5-14/h6-11,14H,1-5,16H2. The first-order valence-corrected chi connectivity index (χ1v) is 6.73. The summed E-state index contributed by atoms with van der Waals surface area (Å²) in [6.07, 6.45) is 10.6. The van der Waals surface area contributed by atoms with Gasteiger partial charge in [0.1, 0.15) is 5.82 Å². The summed E-state index contributed by atoms with van der Waals surface area (Å²) in [6.45, 7) is 0. The minimum Gasteiger partial charge on any atom is -0.399 e. The number of hydrogen-bond donors (Lipinski definition) is 1. The van der Waals surface area contributed by atoms with Crippen molar-refractivity contribution in [2.75, 3.05) is 5.73 Å². The first-order chi connectivity index (χ1) is 8.84. The van der Waals surface area contributed by atoms with E-state index < -0.39 is 0 Å². The number of nitrogen functional groups attached to an aromatic ring is 1. The molecule has 1 saturated carbocycles. The number of rotatable bonds is 2. The molecule has 0 atom stereocenters. The van der Waals surface area contributed by atoms with Gasteiger partial charge in [0.05, 0.1) is 0 Å². The van der Waals surface area contributed by atoms with Crippen LogP contribution in [0, 0.1) is 0 Å². The average molecular weight is 241 g/mol. The van der Waals surface area contributed by atoms with Crippen LogP contribution < -0.4 is 5.73 Å².